The summed E-state index contributed by atoms with van der Waals surface area (Å²) in [4.78, 5) is 11.5. The molecule has 2 aromatic carbocycles. The van der Waals surface area contributed by atoms with Crippen molar-refractivity contribution in [3.8, 4) is 22.9 Å². The van der Waals surface area contributed by atoms with E-state index < -0.39 is 5.97 Å². The van der Waals surface area contributed by atoms with E-state index in [1.165, 1.54) is 25.0 Å². The van der Waals surface area contributed by atoms with Crippen molar-refractivity contribution >= 4 is 11.5 Å². The van der Waals surface area contributed by atoms with Crippen molar-refractivity contribution in [1.29, 1.82) is 5.26 Å². The molecule has 1 aliphatic rings. The molecule has 2 N–H and O–H groups in total. The van der Waals surface area contributed by atoms with Gasteiger partial charge in [-0.1, -0.05) is 77.4 Å². The number of aliphatic hydroxyl groups is 1. The van der Waals surface area contributed by atoms with E-state index in [0.29, 0.717) is 40.5 Å². The van der Waals surface area contributed by atoms with E-state index in [9.17, 15) is 20.3 Å². The Balaban J connectivity index is 0.00000145. The zero-order chi connectivity index (χ0) is 26.4. The summed E-state index contributed by atoms with van der Waals surface area (Å²) in [5.41, 5.74) is 2.62. The molecule has 0 aliphatic heterocycles. The maximum atomic E-state index is 11.5. The number of allylic oxidation sites excluding steroid dienone is 3. The average Bonchev–Trinajstić information content (AvgIpc) is 3.73. The molecule has 186 valence electrons. The lowest BCUT2D eigenvalue weighted by atomic mass is 9.94. The second kappa shape index (κ2) is 15.2. The SMILES string of the molecule is C=C(/C=C(C(=O)O)\C(O)=C/C)c1cc(C#N)c(-c2ccccc2)c(OCCC2CC2)c1.CC.CC. The number of carboxylic acids is 1. The fraction of sp³-hybridized carbons (Fsp3) is 0.333. The smallest absolute Gasteiger partial charge is 0.339 e. The summed E-state index contributed by atoms with van der Waals surface area (Å²) in [5.74, 6) is -0.351. The molecule has 2 aromatic rings. The summed E-state index contributed by atoms with van der Waals surface area (Å²) < 4.78 is 6.11. The average molecular weight is 476 g/mol. The van der Waals surface area contributed by atoms with Crippen LogP contribution in [0.2, 0.25) is 0 Å². The van der Waals surface area contributed by atoms with Crippen molar-refractivity contribution in [1.82, 2.24) is 0 Å². The van der Waals surface area contributed by atoms with Crippen LogP contribution >= 0.6 is 0 Å². The number of nitriles is 1. The van der Waals surface area contributed by atoms with Gasteiger partial charge in [-0.05, 0) is 60.2 Å². The Labute approximate surface area is 209 Å². The lowest BCUT2D eigenvalue weighted by Crippen LogP contribution is -2.04. The Morgan fingerprint density at radius 1 is 1.14 bits per heavy atom. The molecule has 0 spiro atoms. The van der Waals surface area contributed by atoms with Crippen LogP contribution in [-0.2, 0) is 4.79 Å². The number of hydrogen-bond acceptors (Lipinski definition) is 4. The third kappa shape index (κ3) is 8.50. The minimum Gasteiger partial charge on any atom is -0.507 e. The molecule has 0 radical (unpaired) electrons. The summed E-state index contributed by atoms with van der Waals surface area (Å²) in [5, 5.41) is 29.1. The zero-order valence-electron chi connectivity index (χ0n) is 21.5. The second-order valence-corrected chi connectivity index (χ2v) is 7.52. The Morgan fingerprint density at radius 3 is 2.29 bits per heavy atom. The lowest BCUT2D eigenvalue weighted by Gasteiger charge is -2.16. The number of carboxylic acid groups (broad SMARTS) is 1. The van der Waals surface area contributed by atoms with Crippen LogP contribution in [0.1, 0.15) is 65.0 Å². The van der Waals surface area contributed by atoms with E-state index >= 15 is 0 Å². The molecule has 1 saturated carbocycles. The highest BCUT2D eigenvalue weighted by molar-refractivity contribution is 5.95. The minimum absolute atomic E-state index is 0.269. The summed E-state index contributed by atoms with van der Waals surface area (Å²) in [6.45, 7) is 14.0. The first-order valence-corrected chi connectivity index (χ1v) is 12.2. The third-order valence-corrected chi connectivity index (χ3v) is 5.23. The molecular weight excluding hydrogens is 438 g/mol. The third-order valence-electron chi connectivity index (χ3n) is 5.23. The molecule has 0 unspecified atom stereocenters. The van der Waals surface area contributed by atoms with Gasteiger partial charge in [0.05, 0.1) is 18.2 Å². The summed E-state index contributed by atoms with van der Waals surface area (Å²) >= 11 is 0. The Hall–Kier alpha value is -3.78. The Bertz CT molecular complexity index is 1090. The van der Waals surface area contributed by atoms with Crippen molar-refractivity contribution in [2.75, 3.05) is 6.61 Å². The van der Waals surface area contributed by atoms with Crippen LogP contribution in [0.4, 0.5) is 0 Å². The van der Waals surface area contributed by atoms with Gasteiger partial charge in [0.15, 0.2) is 0 Å². The molecule has 35 heavy (non-hydrogen) atoms. The van der Waals surface area contributed by atoms with Crippen LogP contribution in [0.15, 0.2) is 72.5 Å². The monoisotopic (exact) mass is 475 g/mol. The Morgan fingerprint density at radius 2 is 1.77 bits per heavy atom. The number of aliphatic carboxylic acids is 1. The first-order chi connectivity index (χ1) is 16.9. The van der Waals surface area contributed by atoms with Gasteiger partial charge in [-0.2, -0.15) is 5.26 Å². The fourth-order valence-corrected chi connectivity index (χ4v) is 3.31. The van der Waals surface area contributed by atoms with Crippen LogP contribution in [0.3, 0.4) is 0 Å². The van der Waals surface area contributed by atoms with Crippen molar-refractivity contribution in [2.45, 2.75) is 53.9 Å². The van der Waals surface area contributed by atoms with Gasteiger partial charge in [0.25, 0.3) is 0 Å². The fourth-order valence-electron chi connectivity index (χ4n) is 3.31. The van der Waals surface area contributed by atoms with Gasteiger partial charge in [0, 0.05) is 5.56 Å². The van der Waals surface area contributed by atoms with Gasteiger partial charge in [-0.3, -0.25) is 0 Å². The van der Waals surface area contributed by atoms with Crippen LogP contribution in [-0.4, -0.2) is 22.8 Å². The van der Waals surface area contributed by atoms with Crippen molar-refractivity contribution in [2.24, 2.45) is 5.92 Å². The van der Waals surface area contributed by atoms with Gasteiger partial charge in [-0.25, -0.2) is 4.79 Å². The van der Waals surface area contributed by atoms with Gasteiger partial charge >= 0.3 is 5.97 Å². The predicted octanol–water partition coefficient (Wildman–Crippen LogP) is 7.94. The van der Waals surface area contributed by atoms with E-state index in [2.05, 4.69) is 12.6 Å². The van der Waals surface area contributed by atoms with Crippen molar-refractivity contribution in [3.05, 3.63) is 83.7 Å². The number of ether oxygens (including phenoxy) is 1. The normalized spacial score (nSPS) is 12.8. The summed E-state index contributed by atoms with van der Waals surface area (Å²) in [6, 6.07) is 15.2. The zero-order valence-corrected chi connectivity index (χ0v) is 21.5. The van der Waals surface area contributed by atoms with Crippen LogP contribution in [0, 0.1) is 17.2 Å². The number of nitrogens with zero attached hydrogens (tertiary/aromatic N) is 1. The largest absolute Gasteiger partial charge is 0.507 e. The summed E-state index contributed by atoms with van der Waals surface area (Å²) in [7, 11) is 0. The maximum absolute atomic E-state index is 11.5. The van der Waals surface area contributed by atoms with Gasteiger partial charge in [0.2, 0.25) is 0 Å². The molecule has 5 nitrogen and oxygen atoms in total. The number of aliphatic hydroxyl groups excluding tert-OH is 1. The number of carbonyl (C=O) groups is 1. The van der Waals surface area contributed by atoms with Gasteiger partial charge in [-0.15, -0.1) is 0 Å². The topological polar surface area (TPSA) is 90.5 Å². The first-order valence-electron chi connectivity index (χ1n) is 12.2. The maximum Gasteiger partial charge on any atom is 0.339 e. The van der Waals surface area contributed by atoms with Crippen molar-refractivity contribution in [3.63, 3.8) is 0 Å². The van der Waals surface area contributed by atoms with E-state index in [4.69, 9.17) is 4.74 Å². The number of hydrogen-bond donors (Lipinski definition) is 2. The molecule has 0 heterocycles. The molecule has 1 aliphatic carbocycles. The number of rotatable bonds is 9. The van der Waals surface area contributed by atoms with Crippen LogP contribution in [0.25, 0.3) is 16.7 Å². The highest BCUT2D eigenvalue weighted by Crippen LogP contribution is 2.38. The lowest BCUT2D eigenvalue weighted by molar-refractivity contribution is -0.132. The molecule has 0 atom stereocenters. The highest BCUT2D eigenvalue weighted by Gasteiger charge is 2.22. The molecule has 1 fully saturated rings. The molecule has 0 bridgehead atoms. The van der Waals surface area contributed by atoms with E-state index in [1.54, 1.807) is 19.1 Å². The van der Waals surface area contributed by atoms with E-state index in [0.717, 1.165) is 12.0 Å². The van der Waals surface area contributed by atoms with Crippen molar-refractivity contribution < 1.29 is 19.7 Å². The molecular formula is C30H37NO4. The van der Waals surface area contributed by atoms with Crippen LogP contribution in [0.5, 0.6) is 5.75 Å². The van der Waals surface area contributed by atoms with Gasteiger partial charge in [0.1, 0.15) is 17.1 Å². The van der Waals surface area contributed by atoms with Gasteiger partial charge < -0.3 is 14.9 Å². The van der Waals surface area contributed by atoms with Crippen LogP contribution < -0.4 is 4.74 Å². The Kier molecular flexibility index (Phi) is 12.7. The quantitative estimate of drug-likeness (QED) is 0.218. The standard InChI is InChI=1S/C26H25NO4.2C2H6/c1-3-23(28)22(26(29)30)13-17(2)20-14-21(16-27)25(19-7-5-4-6-8-19)24(15-20)31-12-11-18-9-10-18;2*1-2/h3-8,13-15,18,28H,2,9-12H2,1H3,(H,29,30);2*1-2H3/b22-13+,23-3+;;. The predicted molar refractivity (Wildman–Crippen MR) is 143 cm³/mol. The molecule has 0 aromatic heterocycles. The molecule has 5 heteroatoms. The minimum atomic E-state index is -1.26. The summed E-state index contributed by atoms with van der Waals surface area (Å²) in [6.07, 6.45) is 6.02. The molecule has 0 amide bonds. The first kappa shape index (κ1) is 29.3. The molecule has 3 rings (SSSR count). The molecule has 0 saturated heterocycles. The number of benzene rings is 2. The van der Waals surface area contributed by atoms with E-state index in [1.807, 2.05) is 58.0 Å². The second-order valence-electron chi connectivity index (χ2n) is 7.52. The van der Waals surface area contributed by atoms with E-state index in [-0.39, 0.29) is 11.3 Å². The highest BCUT2D eigenvalue weighted by atomic mass is 16.5.